The highest BCUT2D eigenvalue weighted by atomic mass is 79.9. The molecule has 0 aromatic heterocycles. The topological polar surface area (TPSA) is 21.3 Å². The Kier molecular flexibility index (Phi) is 5.12. The first-order chi connectivity index (χ1) is 9.97. The van der Waals surface area contributed by atoms with Gasteiger partial charge in [-0.1, -0.05) is 18.2 Å². The van der Waals surface area contributed by atoms with Gasteiger partial charge in [0, 0.05) is 16.7 Å². The summed E-state index contributed by atoms with van der Waals surface area (Å²) < 4.78 is 44.0. The molecule has 6 heteroatoms. The third-order valence-electron chi connectivity index (χ3n) is 2.72. The van der Waals surface area contributed by atoms with Crippen LogP contribution in [0.5, 0.6) is 5.75 Å². The van der Waals surface area contributed by atoms with Crippen LogP contribution in [0.3, 0.4) is 0 Å². The molecule has 0 amide bonds. The van der Waals surface area contributed by atoms with Crippen LogP contribution in [0, 0.1) is 0 Å². The Labute approximate surface area is 129 Å². The Balaban J connectivity index is 1.91. The molecule has 0 unspecified atom stereocenters. The third-order valence-corrected chi connectivity index (χ3v) is 3.41. The van der Waals surface area contributed by atoms with E-state index in [-0.39, 0.29) is 0 Å². The van der Waals surface area contributed by atoms with Crippen LogP contribution in [0.15, 0.2) is 53.0 Å². The fourth-order valence-electron chi connectivity index (χ4n) is 1.71. The summed E-state index contributed by atoms with van der Waals surface area (Å²) in [6, 6.07) is 12.7. The SMILES string of the molecule is FC(F)(F)c1ccc(Br)c(NCCOc2ccccc2)c1. The van der Waals surface area contributed by atoms with Gasteiger partial charge in [-0.05, 0) is 46.3 Å². The van der Waals surface area contributed by atoms with Gasteiger partial charge < -0.3 is 10.1 Å². The van der Waals surface area contributed by atoms with Crippen molar-refractivity contribution in [2.75, 3.05) is 18.5 Å². The molecular formula is C15H13BrF3NO. The zero-order chi connectivity index (χ0) is 15.3. The predicted molar refractivity (Wildman–Crippen MR) is 79.6 cm³/mol. The first-order valence-corrected chi connectivity index (χ1v) is 7.04. The molecule has 0 atom stereocenters. The lowest BCUT2D eigenvalue weighted by atomic mass is 10.2. The summed E-state index contributed by atoms with van der Waals surface area (Å²) in [4.78, 5) is 0. The molecule has 0 aliphatic heterocycles. The molecular weight excluding hydrogens is 347 g/mol. The fourth-order valence-corrected chi connectivity index (χ4v) is 2.10. The molecule has 0 heterocycles. The molecule has 0 radical (unpaired) electrons. The number of hydrogen-bond donors (Lipinski definition) is 1. The second kappa shape index (κ2) is 6.85. The molecule has 0 spiro atoms. The Morgan fingerprint density at radius 1 is 1.05 bits per heavy atom. The van der Waals surface area contributed by atoms with Gasteiger partial charge in [0.05, 0.1) is 5.56 Å². The van der Waals surface area contributed by atoms with E-state index in [0.717, 1.165) is 17.9 Å². The lowest BCUT2D eigenvalue weighted by Gasteiger charge is -2.13. The van der Waals surface area contributed by atoms with E-state index in [1.807, 2.05) is 30.3 Å². The van der Waals surface area contributed by atoms with Gasteiger partial charge in [-0.2, -0.15) is 13.2 Å². The normalized spacial score (nSPS) is 11.2. The van der Waals surface area contributed by atoms with Crippen LogP contribution in [-0.2, 0) is 6.18 Å². The van der Waals surface area contributed by atoms with Crippen LogP contribution in [-0.4, -0.2) is 13.2 Å². The summed E-state index contributed by atoms with van der Waals surface area (Å²) >= 11 is 3.22. The maximum atomic E-state index is 12.6. The van der Waals surface area contributed by atoms with Crippen LogP contribution in [0.4, 0.5) is 18.9 Å². The van der Waals surface area contributed by atoms with E-state index in [0.29, 0.717) is 23.3 Å². The van der Waals surface area contributed by atoms with Gasteiger partial charge in [-0.3, -0.25) is 0 Å². The van der Waals surface area contributed by atoms with Gasteiger partial charge >= 0.3 is 6.18 Å². The number of ether oxygens (including phenoxy) is 1. The van der Waals surface area contributed by atoms with Crippen molar-refractivity contribution in [3.63, 3.8) is 0 Å². The monoisotopic (exact) mass is 359 g/mol. The van der Waals surface area contributed by atoms with E-state index in [4.69, 9.17) is 4.74 Å². The number of alkyl halides is 3. The number of nitrogens with one attached hydrogen (secondary N) is 1. The lowest BCUT2D eigenvalue weighted by molar-refractivity contribution is -0.137. The highest BCUT2D eigenvalue weighted by Gasteiger charge is 2.30. The van der Waals surface area contributed by atoms with Crippen LogP contribution >= 0.6 is 15.9 Å². The van der Waals surface area contributed by atoms with Crippen LogP contribution in [0.2, 0.25) is 0 Å². The summed E-state index contributed by atoms with van der Waals surface area (Å²) in [5.74, 6) is 0.724. The van der Waals surface area contributed by atoms with Gasteiger partial charge in [0.15, 0.2) is 0 Å². The molecule has 0 saturated carbocycles. The second-order valence-corrected chi connectivity index (χ2v) is 5.14. The van der Waals surface area contributed by atoms with Gasteiger partial charge in [-0.25, -0.2) is 0 Å². The summed E-state index contributed by atoms with van der Waals surface area (Å²) in [7, 11) is 0. The highest BCUT2D eigenvalue weighted by molar-refractivity contribution is 9.10. The summed E-state index contributed by atoms with van der Waals surface area (Å²) in [5.41, 5.74) is -0.293. The van der Waals surface area contributed by atoms with Crippen molar-refractivity contribution in [2.24, 2.45) is 0 Å². The molecule has 2 aromatic carbocycles. The average molecular weight is 360 g/mol. The largest absolute Gasteiger partial charge is 0.492 e. The molecule has 0 bridgehead atoms. The minimum atomic E-state index is -4.35. The second-order valence-electron chi connectivity index (χ2n) is 4.28. The van der Waals surface area contributed by atoms with Crippen molar-refractivity contribution in [3.8, 4) is 5.75 Å². The van der Waals surface area contributed by atoms with E-state index in [1.54, 1.807) is 0 Å². The summed E-state index contributed by atoms with van der Waals surface area (Å²) in [6.45, 7) is 0.751. The van der Waals surface area contributed by atoms with Crippen molar-refractivity contribution in [1.29, 1.82) is 0 Å². The maximum Gasteiger partial charge on any atom is 0.416 e. The molecule has 112 valence electrons. The number of para-hydroxylation sites is 1. The zero-order valence-corrected chi connectivity index (χ0v) is 12.5. The maximum absolute atomic E-state index is 12.6. The van der Waals surface area contributed by atoms with Crippen molar-refractivity contribution in [2.45, 2.75) is 6.18 Å². The molecule has 0 fully saturated rings. The molecule has 0 saturated heterocycles. The van der Waals surface area contributed by atoms with E-state index < -0.39 is 11.7 Å². The molecule has 0 aliphatic carbocycles. The quantitative estimate of drug-likeness (QED) is 0.761. The van der Waals surface area contributed by atoms with E-state index in [2.05, 4.69) is 21.2 Å². The Morgan fingerprint density at radius 2 is 1.76 bits per heavy atom. The minimum Gasteiger partial charge on any atom is -0.492 e. The summed E-state index contributed by atoms with van der Waals surface area (Å²) in [6.07, 6.45) is -4.35. The van der Waals surface area contributed by atoms with Crippen molar-refractivity contribution in [3.05, 3.63) is 58.6 Å². The number of hydrogen-bond acceptors (Lipinski definition) is 2. The van der Waals surface area contributed by atoms with E-state index >= 15 is 0 Å². The van der Waals surface area contributed by atoms with E-state index in [9.17, 15) is 13.2 Å². The summed E-state index contributed by atoms with van der Waals surface area (Å²) in [5, 5.41) is 2.92. The van der Waals surface area contributed by atoms with Gasteiger partial charge in [0.1, 0.15) is 12.4 Å². The third kappa shape index (κ3) is 4.67. The van der Waals surface area contributed by atoms with Crippen molar-refractivity contribution in [1.82, 2.24) is 0 Å². The average Bonchev–Trinajstić information content (AvgIpc) is 2.45. The van der Waals surface area contributed by atoms with Gasteiger partial charge in [0.25, 0.3) is 0 Å². The van der Waals surface area contributed by atoms with Gasteiger partial charge in [0.2, 0.25) is 0 Å². The molecule has 1 N–H and O–H groups in total. The lowest BCUT2D eigenvalue weighted by Crippen LogP contribution is -2.13. The molecule has 0 aliphatic rings. The first-order valence-electron chi connectivity index (χ1n) is 6.25. The Bertz CT molecular complexity index is 587. The standard InChI is InChI=1S/C15H13BrF3NO/c16-13-7-6-11(15(17,18)19)10-14(13)20-8-9-21-12-4-2-1-3-5-12/h1-7,10,20H,8-9H2. The predicted octanol–water partition coefficient (Wildman–Crippen LogP) is 4.96. The first kappa shape index (κ1) is 15.7. The number of halogens is 4. The molecule has 2 aromatic rings. The number of anilines is 1. The molecule has 2 nitrogen and oxygen atoms in total. The molecule has 21 heavy (non-hydrogen) atoms. The van der Waals surface area contributed by atoms with Crippen LogP contribution in [0.1, 0.15) is 5.56 Å². The van der Waals surface area contributed by atoms with Crippen molar-refractivity contribution >= 4 is 21.6 Å². The zero-order valence-electron chi connectivity index (χ0n) is 11.0. The fraction of sp³-hybridized carbons (Fsp3) is 0.200. The smallest absolute Gasteiger partial charge is 0.416 e. The van der Waals surface area contributed by atoms with E-state index in [1.165, 1.54) is 6.07 Å². The highest BCUT2D eigenvalue weighted by Crippen LogP contribution is 2.33. The number of rotatable bonds is 5. The minimum absolute atomic E-state index is 0.354. The Morgan fingerprint density at radius 3 is 2.43 bits per heavy atom. The van der Waals surface area contributed by atoms with Crippen LogP contribution in [0.25, 0.3) is 0 Å². The van der Waals surface area contributed by atoms with Crippen LogP contribution < -0.4 is 10.1 Å². The molecule has 2 rings (SSSR count). The Hall–Kier alpha value is -1.69. The van der Waals surface area contributed by atoms with Crippen molar-refractivity contribution < 1.29 is 17.9 Å². The number of benzene rings is 2. The van der Waals surface area contributed by atoms with Gasteiger partial charge in [-0.15, -0.1) is 0 Å².